The number of nitrogens with zero attached hydrogens (tertiary/aromatic N) is 2. The molecule has 10 heteroatoms. The summed E-state index contributed by atoms with van der Waals surface area (Å²) in [5.41, 5.74) is 3.09. The summed E-state index contributed by atoms with van der Waals surface area (Å²) in [7, 11) is 0. The van der Waals surface area contributed by atoms with E-state index >= 15 is 8.78 Å². The van der Waals surface area contributed by atoms with Crippen LogP contribution in [0.1, 0.15) is 29.2 Å². The van der Waals surface area contributed by atoms with Gasteiger partial charge >= 0.3 is 5.97 Å². The number of carbonyl (C=O) groups is 1. The van der Waals surface area contributed by atoms with Crippen molar-refractivity contribution in [2.24, 2.45) is 0 Å². The third kappa shape index (κ3) is 2.80. The molecule has 1 aliphatic heterocycles. The zero-order valence-corrected chi connectivity index (χ0v) is 14.8. The minimum atomic E-state index is -1.48. The van der Waals surface area contributed by atoms with Gasteiger partial charge < -0.3 is 30.2 Å². The lowest BCUT2D eigenvalue weighted by molar-refractivity contribution is 0.00325. The normalized spacial score (nSPS) is 20.0. The van der Waals surface area contributed by atoms with Crippen LogP contribution >= 0.6 is 0 Å². The van der Waals surface area contributed by atoms with Crippen molar-refractivity contribution in [3.05, 3.63) is 33.6 Å². The molecule has 8 nitrogen and oxygen atoms in total. The number of rotatable bonds is 4. The molecule has 1 unspecified atom stereocenters. The number of aliphatic hydroxyl groups is 1. The molecule has 2 fully saturated rings. The number of aromatic nitrogens is 1. The van der Waals surface area contributed by atoms with Gasteiger partial charge in [-0.05, 0) is 12.8 Å². The van der Waals surface area contributed by atoms with Crippen molar-refractivity contribution in [3.63, 3.8) is 0 Å². The number of nitrogen functional groups attached to an aromatic ring is 1. The van der Waals surface area contributed by atoms with Crippen LogP contribution in [0.5, 0.6) is 0 Å². The molecule has 2 aliphatic rings. The van der Waals surface area contributed by atoms with Crippen LogP contribution in [0.4, 0.5) is 20.2 Å². The number of anilines is 2. The quantitative estimate of drug-likeness (QED) is 0.664. The van der Waals surface area contributed by atoms with E-state index in [1.807, 2.05) is 0 Å². The van der Waals surface area contributed by atoms with Gasteiger partial charge in [-0.1, -0.05) is 0 Å². The molecule has 1 aromatic heterocycles. The summed E-state index contributed by atoms with van der Waals surface area (Å²) in [6.45, 7) is 0.0826. The van der Waals surface area contributed by atoms with Crippen molar-refractivity contribution < 1.29 is 28.5 Å². The van der Waals surface area contributed by atoms with Crippen LogP contribution < -0.4 is 16.1 Å². The van der Waals surface area contributed by atoms with E-state index in [4.69, 9.17) is 10.5 Å². The Morgan fingerprint density at radius 1 is 1.32 bits per heavy atom. The minimum Gasteiger partial charge on any atom is -0.477 e. The molecule has 2 heterocycles. The highest BCUT2D eigenvalue weighted by Crippen LogP contribution is 2.41. The number of benzene rings is 1. The third-order valence-electron chi connectivity index (χ3n) is 5.19. The fourth-order valence-corrected chi connectivity index (χ4v) is 3.66. The van der Waals surface area contributed by atoms with Crippen LogP contribution in [0, 0.1) is 11.6 Å². The number of aliphatic hydroxyl groups excluding tert-OH is 1. The second-order valence-electron chi connectivity index (χ2n) is 7.05. The van der Waals surface area contributed by atoms with Crippen molar-refractivity contribution in [1.29, 1.82) is 0 Å². The topological polar surface area (TPSA) is 118 Å². The molecule has 0 bridgehead atoms. The zero-order valence-electron chi connectivity index (χ0n) is 14.8. The number of fused-ring (bicyclic) bond motifs is 1. The molecule has 1 aliphatic carbocycles. The Morgan fingerprint density at radius 3 is 2.64 bits per heavy atom. The standard InChI is InChI=1S/C18H19F2N3O5/c19-12-14(21)11-15(13(20)16(12)22-3-4-28-9(5-22)7-24)23(8-1-2-8)6-10(17(11)25)18(26)27/h6,8-9,24H,1-5,7,21H2,(H,26,27). The van der Waals surface area contributed by atoms with Gasteiger partial charge in [0.2, 0.25) is 5.43 Å². The lowest BCUT2D eigenvalue weighted by Crippen LogP contribution is -2.45. The highest BCUT2D eigenvalue weighted by molar-refractivity contribution is 5.99. The second kappa shape index (κ2) is 6.71. The van der Waals surface area contributed by atoms with Gasteiger partial charge in [0.25, 0.3) is 0 Å². The fraction of sp³-hybridized carbons (Fsp3) is 0.444. The number of pyridine rings is 1. The summed E-state index contributed by atoms with van der Waals surface area (Å²) in [5, 5.41) is 18.1. The molecular formula is C18H19F2N3O5. The smallest absolute Gasteiger partial charge is 0.341 e. The van der Waals surface area contributed by atoms with Crippen molar-refractivity contribution in [1.82, 2.24) is 4.57 Å². The van der Waals surface area contributed by atoms with Gasteiger partial charge in [-0.2, -0.15) is 0 Å². The molecule has 1 atom stereocenters. The van der Waals surface area contributed by atoms with Crippen LogP contribution in [0.2, 0.25) is 0 Å². The first-order valence-electron chi connectivity index (χ1n) is 8.91. The first-order chi connectivity index (χ1) is 13.3. The Bertz CT molecular complexity index is 1030. The van der Waals surface area contributed by atoms with Crippen LogP contribution in [-0.4, -0.2) is 53.2 Å². The predicted octanol–water partition coefficient (Wildman–Crippen LogP) is 1.09. The van der Waals surface area contributed by atoms with Crippen molar-refractivity contribution in [2.75, 3.05) is 36.9 Å². The first-order valence-corrected chi connectivity index (χ1v) is 8.91. The second-order valence-corrected chi connectivity index (χ2v) is 7.05. The van der Waals surface area contributed by atoms with Gasteiger partial charge in [0, 0.05) is 25.3 Å². The Kier molecular flexibility index (Phi) is 4.47. The summed E-state index contributed by atoms with van der Waals surface area (Å²) in [4.78, 5) is 25.4. The number of morpholine rings is 1. The number of aromatic carboxylic acids is 1. The predicted molar refractivity (Wildman–Crippen MR) is 96.8 cm³/mol. The molecular weight excluding hydrogens is 376 g/mol. The molecule has 0 spiro atoms. The maximum Gasteiger partial charge on any atom is 0.341 e. The molecule has 4 rings (SSSR count). The highest BCUT2D eigenvalue weighted by Gasteiger charge is 2.34. The van der Waals surface area contributed by atoms with E-state index in [-0.39, 0.29) is 37.9 Å². The maximum atomic E-state index is 15.5. The van der Waals surface area contributed by atoms with E-state index in [2.05, 4.69) is 0 Å². The van der Waals surface area contributed by atoms with E-state index in [0.717, 1.165) is 6.20 Å². The summed E-state index contributed by atoms with van der Waals surface area (Å²) in [6, 6.07) is -0.178. The molecule has 150 valence electrons. The van der Waals surface area contributed by atoms with Crippen LogP contribution in [0.25, 0.3) is 10.9 Å². The summed E-state index contributed by atoms with van der Waals surface area (Å²) >= 11 is 0. The average molecular weight is 395 g/mol. The van der Waals surface area contributed by atoms with Gasteiger partial charge in [-0.3, -0.25) is 4.79 Å². The van der Waals surface area contributed by atoms with Crippen LogP contribution in [-0.2, 0) is 4.74 Å². The Labute approximate surface area is 157 Å². The van der Waals surface area contributed by atoms with Gasteiger partial charge in [0.15, 0.2) is 11.6 Å². The van der Waals surface area contributed by atoms with Gasteiger partial charge in [-0.25, -0.2) is 13.6 Å². The van der Waals surface area contributed by atoms with Crippen molar-refractivity contribution in [2.45, 2.75) is 25.0 Å². The maximum absolute atomic E-state index is 15.5. The van der Waals surface area contributed by atoms with Gasteiger partial charge in [0.1, 0.15) is 11.3 Å². The Morgan fingerprint density at radius 2 is 2.04 bits per heavy atom. The largest absolute Gasteiger partial charge is 0.477 e. The number of halogens is 2. The molecule has 28 heavy (non-hydrogen) atoms. The number of nitrogens with two attached hydrogens (primary N) is 1. The molecule has 2 aromatic rings. The molecule has 0 radical (unpaired) electrons. The average Bonchev–Trinajstić information content (AvgIpc) is 3.51. The monoisotopic (exact) mass is 395 g/mol. The molecule has 1 aromatic carbocycles. The van der Waals surface area contributed by atoms with Crippen LogP contribution in [0.15, 0.2) is 11.0 Å². The van der Waals surface area contributed by atoms with E-state index in [9.17, 15) is 19.8 Å². The summed E-state index contributed by atoms with van der Waals surface area (Å²) in [5.74, 6) is -3.57. The van der Waals surface area contributed by atoms with E-state index < -0.39 is 51.5 Å². The van der Waals surface area contributed by atoms with E-state index in [0.29, 0.717) is 12.8 Å². The highest BCUT2D eigenvalue weighted by atomic mass is 19.1. The minimum absolute atomic E-state index is 0.0517. The zero-order chi connectivity index (χ0) is 20.2. The number of hydrogen-bond donors (Lipinski definition) is 3. The third-order valence-corrected chi connectivity index (χ3v) is 5.19. The van der Waals surface area contributed by atoms with Crippen molar-refractivity contribution in [3.8, 4) is 0 Å². The fourth-order valence-electron chi connectivity index (χ4n) is 3.66. The lowest BCUT2D eigenvalue weighted by Gasteiger charge is -2.34. The van der Waals surface area contributed by atoms with Crippen molar-refractivity contribution >= 4 is 28.2 Å². The van der Waals surface area contributed by atoms with Crippen LogP contribution in [0.3, 0.4) is 0 Å². The van der Waals surface area contributed by atoms with Gasteiger partial charge in [0.05, 0.1) is 35.9 Å². The first kappa shape index (κ1) is 18.6. The number of carboxylic acid groups (broad SMARTS) is 1. The van der Waals surface area contributed by atoms with Gasteiger partial charge in [-0.15, -0.1) is 0 Å². The summed E-state index contributed by atoms with van der Waals surface area (Å²) < 4.78 is 37.3. The number of hydrogen-bond acceptors (Lipinski definition) is 6. The molecule has 0 amide bonds. The number of ether oxygens (including phenoxy) is 1. The van der Waals surface area contributed by atoms with E-state index in [1.165, 1.54) is 9.47 Å². The summed E-state index contributed by atoms with van der Waals surface area (Å²) in [6.07, 6.45) is 1.87. The Hall–Kier alpha value is -2.72. The molecule has 1 saturated carbocycles. The molecule has 4 N–H and O–H groups in total. The molecule has 1 saturated heterocycles. The Balaban J connectivity index is 2.02. The SMILES string of the molecule is Nc1c(F)c(N2CCOC(CO)C2)c(F)c2c1c(=O)c(C(=O)O)cn2C1CC1. The lowest BCUT2D eigenvalue weighted by atomic mass is 10.1. The van der Waals surface area contributed by atoms with E-state index in [1.54, 1.807) is 0 Å². The number of carboxylic acids is 1.